The van der Waals surface area contributed by atoms with Crippen molar-refractivity contribution in [2.75, 3.05) is 11.9 Å². The third-order valence-corrected chi connectivity index (χ3v) is 5.04. The van der Waals surface area contributed by atoms with Crippen molar-refractivity contribution in [3.8, 4) is 17.0 Å². The molecule has 5 nitrogen and oxygen atoms in total. The zero-order chi connectivity index (χ0) is 19.4. The molecule has 1 aromatic heterocycles. The topological polar surface area (TPSA) is 68.3 Å². The van der Waals surface area contributed by atoms with E-state index in [0.29, 0.717) is 26.5 Å². The second-order valence-corrected chi connectivity index (χ2v) is 7.30. The molecule has 0 atom stereocenters. The molecule has 1 N–H and O–H groups in total. The first kappa shape index (κ1) is 19.1. The molecular formula is C20H17ClN2O3S. The Balaban J connectivity index is 1.71. The first-order valence-corrected chi connectivity index (χ1v) is 9.39. The van der Waals surface area contributed by atoms with Gasteiger partial charge in [0.05, 0.1) is 10.6 Å². The predicted octanol–water partition coefficient (Wildman–Crippen LogP) is 4.99. The van der Waals surface area contributed by atoms with Gasteiger partial charge in [-0.25, -0.2) is 4.98 Å². The summed E-state index contributed by atoms with van der Waals surface area (Å²) < 4.78 is 5.53. The summed E-state index contributed by atoms with van der Waals surface area (Å²) in [4.78, 5) is 29.1. The van der Waals surface area contributed by atoms with Crippen LogP contribution < -0.4 is 10.1 Å². The lowest BCUT2D eigenvalue weighted by Gasteiger charge is -2.08. The summed E-state index contributed by atoms with van der Waals surface area (Å²) in [5.74, 6) is 0.135. The fourth-order valence-corrected chi connectivity index (χ4v) is 3.60. The number of nitrogens with one attached hydrogen (secondary N) is 1. The zero-order valence-electron chi connectivity index (χ0n) is 14.8. The van der Waals surface area contributed by atoms with Crippen molar-refractivity contribution in [1.29, 1.82) is 0 Å². The predicted molar refractivity (Wildman–Crippen MR) is 108 cm³/mol. The van der Waals surface area contributed by atoms with Gasteiger partial charge in [-0.05, 0) is 30.7 Å². The summed E-state index contributed by atoms with van der Waals surface area (Å²) >= 11 is 7.06. The number of hydrogen-bond acceptors (Lipinski definition) is 5. The lowest BCUT2D eigenvalue weighted by Crippen LogP contribution is -2.20. The van der Waals surface area contributed by atoms with E-state index >= 15 is 0 Å². The summed E-state index contributed by atoms with van der Waals surface area (Å²) in [6.45, 7) is 3.17. The van der Waals surface area contributed by atoms with E-state index in [0.717, 1.165) is 22.5 Å². The molecule has 0 bridgehead atoms. The van der Waals surface area contributed by atoms with Gasteiger partial charge in [-0.2, -0.15) is 0 Å². The van der Waals surface area contributed by atoms with E-state index in [1.807, 2.05) is 37.3 Å². The first-order valence-electron chi connectivity index (χ1n) is 8.20. The number of nitrogens with zero attached hydrogens (tertiary/aromatic N) is 1. The number of ether oxygens (including phenoxy) is 1. The van der Waals surface area contributed by atoms with Crippen LogP contribution >= 0.6 is 22.9 Å². The lowest BCUT2D eigenvalue weighted by atomic mass is 10.1. The third kappa shape index (κ3) is 4.72. The highest BCUT2D eigenvalue weighted by atomic mass is 35.5. The van der Waals surface area contributed by atoms with Crippen LogP contribution in [0.25, 0.3) is 11.3 Å². The van der Waals surface area contributed by atoms with E-state index in [4.69, 9.17) is 16.3 Å². The van der Waals surface area contributed by atoms with Gasteiger partial charge in [0.1, 0.15) is 5.75 Å². The van der Waals surface area contributed by atoms with Crippen LogP contribution in [-0.2, 0) is 4.79 Å². The quantitative estimate of drug-likeness (QED) is 0.591. The molecule has 0 aliphatic rings. The maximum absolute atomic E-state index is 12.2. The molecule has 1 amide bonds. The standard InChI is InChI=1S/C20H17ClN2O3S/c1-12-10-15(21)8-9-16(12)26-11-17(25)22-20-23-18(19(27-20)13(2)24)14-6-4-3-5-7-14/h3-10H,11H2,1-2H3,(H,22,23,25). The van der Waals surface area contributed by atoms with Gasteiger partial charge in [0.15, 0.2) is 17.5 Å². The maximum atomic E-state index is 12.2. The number of aryl methyl sites for hydroxylation is 1. The molecule has 1 heterocycles. The van der Waals surface area contributed by atoms with Crippen LogP contribution in [0.4, 0.5) is 5.13 Å². The largest absolute Gasteiger partial charge is 0.483 e. The third-order valence-electron chi connectivity index (χ3n) is 3.74. The molecule has 0 aliphatic carbocycles. The van der Waals surface area contributed by atoms with Crippen LogP contribution in [0.2, 0.25) is 5.02 Å². The summed E-state index contributed by atoms with van der Waals surface area (Å²) in [5, 5.41) is 3.66. The van der Waals surface area contributed by atoms with Gasteiger partial charge >= 0.3 is 0 Å². The molecule has 0 radical (unpaired) electrons. The molecule has 0 saturated carbocycles. The van der Waals surface area contributed by atoms with Crippen molar-refractivity contribution in [2.24, 2.45) is 0 Å². The Morgan fingerprint density at radius 2 is 1.93 bits per heavy atom. The number of hydrogen-bond donors (Lipinski definition) is 1. The summed E-state index contributed by atoms with van der Waals surface area (Å²) in [6.07, 6.45) is 0. The van der Waals surface area contributed by atoms with Gasteiger partial charge in [0.2, 0.25) is 0 Å². The lowest BCUT2D eigenvalue weighted by molar-refractivity contribution is -0.118. The molecule has 3 aromatic rings. The molecule has 0 saturated heterocycles. The number of ketones is 1. The smallest absolute Gasteiger partial charge is 0.264 e. The van der Waals surface area contributed by atoms with Gasteiger partial charge < -0.3 is 4.74 Å². The van der Waals surface area contributed by atoms with Gasteiger partial charge in [-0.1, -0.05) is 53.3 Å². The molecule has 3 rings (SSSR count). The van der Waals surface area contributed by atoms with E-state index in [1.165, 1.54) is 6.92 Å². The molecule has 0 aliphatic heterocycles. The van der Waals surface area contributed by atoms with Crippen molar-refractivity contribution in [1.82, 2.24) is 4.98 Å². The highest BCUT2D eigenvalue weighted by Crippen LogP contribution is 2.31. The van der Waals surface area contributed by atoms with Crippen LogP contribution in [0.1, 0.15) is 22.2 Å². The van der Waals surface area contributed by atoms with Gasteiger partial charge in [0.25, 0.3) is 5.91 Å². The van der Waals surface area contributed by atoms with Crippen LogP contribution in [0.15, 0.2) is 48.5 Å². The molecule has 0 unspecified atom stereocenters. The Kier molecular flexibility index (Phi) is 5.88. The minimum atomic E-state index is -0.354. The van der Waals surface area contributed by atoms with Crippen molar-refractivity contribution < 1.29 is 14.3 Å². The number of carbonyl (C=O) groups excluding carboxylic acids is 2. The Labute approximate surface area is 166 Å². The van der Waals surface area contributed by atoms with Crippen LogP contribution in [0.5, 0.6) is 5.75 Å². The number of carbonyl (C=O) groups is 2. The van der Waals surface area contributed by atoms with E-state index in [1.54, 1.807) is 18.2 Å². The van der Waals surface area contributed by atoms with Crippen LogP contribution in [0, 0.1) is 6.92 Å². The summed E-state index contributed by atoms with van der Waals surface area (Å²) in [6, 6.07) is 14.6. The van der Waals surface area contributed by atoms with Gasteiger partial charge in [-0.15, -0.1) is 0 Å². The molecule has 7 heteroatoms. The van der Waals surface area contributed by atoms with Gasteiger partial charge in [-0.3, -0.25) is 14.9 Å². The Morgan fingerprint density at radius 1 is 1.19 bits per heavy atom. The number of thiazole rings is 1. The average Bonchev–Trinajstić information content (AvgIpc) is 3.06. The van der Waals surface area contributed by atoms with Crippen molar-refractivity contribution in [2.45, 2.75) is 13.8 Å². The normalized spacial score (nSPS) is 10.5. The number of amides is 1. The van der Waals surface area contributed by atoms with Crippen molar-refractivity contribution in [3.05, 3.63) is 64.0 Å². The highest BCUT2D eigenvalue weighted by Gasteiger charge is 2.18. The maximum Gasteiger partial charge on any atom is 0.264 e. The Bertz CT molecular complexity index is 986. The molecule has 0 spiro atoms. The molecule has 0 fully saturated rings. The monoisotopic (exact) mass is 400 g/mol. The Morgan fingerprint density at radius 3 is 2.59 bits per heavy atom. The molecule has 27 heavy (non-hydrogen) atoms. The number of anilines is 1. The molecule has 138 valence electrons. The molecular weight excluding hydrogens is 384 g/mol. The summed E-state index contributed by atoms with van der Waals surface area (Å²) in [5.41, 5.74) is 2.24. The number of aromatic nitrogens is 1. The van der Waals surface area contributed by atoms with Crippen molar-refractivity contribution in [3.63, 3.8) is 0 Å². The fourth-order valence-electron chi connectivity index (χ4n) is 2.48. The second-order valence-electron chi connectivity index (χ2n) is 5.87. The number of rotatable bonds is 6. The number of halogens is 1. The van der Waals surface area contributed by atoms with E-state index in [-0.39, 0.29) is 18.3 Å². The first-order chi connectivity index (χ1) is 12.9. The summed E-state index contributed by atoms with van der Waals surface area (Å²) in [7, 11) is 0. The minimum Gasteiger partial charge on any atom is -0.483 e. The SMILES string of the molecule is CC(=O)c1sc(NC(=O)COc2ccc(Cl)cc2C)nc1-c1ccccc1. The number of benzene rings is 2. The van der Waals surface area contributed by atoms with Crippen LogP contribution in [0.3, 0.4) is 0 Å². The minimum absolute atomic E-state index is 0.0973. The Hall–Kier alpha value is -2.70. The van der Waals surface area contributed by atoms with Crippen molar-refractivity contribution >= 4 is 39.8 Å². The fraction of sp³-hybridized carbons (Fsp3) is 0.150. The average molecular weight is 401 g/mol. The van der Waals surface area contributed by atoms with Crippen LogP contribution in [-0.4, -0.2) is 23.3 Å². The second kappa shape index (κ2) is 8.33. The zero-order valence-corrected chi connectivity index (χ0v) is 16.4. The number of Topliss-reactive ketones (excluding diaryl/α,β-unsaturated/α-hetero) is 1. The van der Waals surface area contributed by atoms with E-state index in [2.05, 4.69) is 10.3 Å². The van der Waals surface area contributed by atoms with E-state index in [9.17, 15) is 9.59 Å². The highest BCUT2D eigenvalue weighted by molar-refractivity contribution is 7.18. The van der Waals surface area contributed by atoms with E-state index < -0.39 is 0 Å². The van der Waals surface area contributed by atoms with Gasteiger partial charge in [0, 0.05) is 17.5 Å². The molecule has 2 aromatic carbocycles.